The van der Waals surface area contributed by atoms with Crippen LogP contribution in [-0.4, -0.2) is 51.1 Å². The fourth-order valence-electron chi connectivity index (χ4n) is 5.55. The Hall–Kier alpha value is -2.37. The zero-order valence-corrected chi connectivity index (χ0v) is 19.5. The molecular weight excluding hydrogens is 398 g/mol. The molecule has 2 heterocycles. The Morgan fingerprint density at radius 2 is 1.88 bits per heavy atom. The summed E-state index contributed by atoms with van der Waals surface area (Å²) in [5, 5.41) is 6.43. The molecule has 2 N–H and O–H groups in total. The van der Waals surface area contributed by atoms with E-state index in [0.29, 0.717) is 5.92 Å². The van der Waals surface area contributed by atoms with E-state index in [-0.39, 0.29) is 11.3 Å². The molecule has 0 aliphatic carbocycles. The zero-order valence-electron chi connectivity index (χ0n) is 19.5. The second-order valence-corrected chi connectivity index (χ2v) is 9.43. The van der Waals surface area contributed by atoms with Crippen molar-refractivity contribution < 1.29 is 9.53 Å². The van der Waals surface area contributed by atoms with Crippen LogP contribution in [0, 0.1) is 11.3 Å². The summed E-state index contributed by atoms with van der Waals surface area (Å²) in [6.07, 6.45) is 5.31. The van der Waals surface area contributed by atoms with Crippen molar-refractivity contribution in [2.75, 3.05) is 40.3 Å². The van der Waals surface area contributed by atoms with E-state index >= 15 is 0 Å². The summed E-state index contributed by atoms with van der Waals surface area (Å²) in [5.74, 6) is 1.81. The lowest BCUT2D eigenvalue weighted by atomic mass is 9.69. The summed E-state index contributed by atoms with van der Waals surface area (Å²) in [5.41, 5.74) is 3.41. The highest BCUT2D eigenvalue weighted by Gasteiger charge is 2.42. The van der Waals surface area contributed by atoms with Gasteiger partial charge in [-0.1, -0.05) is 36.4 Å². The molecule has 172 valence electrons. The molecule has 2 aliphatic rings. The van der Waals surface area contributed by atoms with E-state index in [1.807, 2.05) is 12.1 Å². The number of piperidine rings is 2. The third-order valence-electron chi connectivity index (χ3n) is 7.41. The second-order valence-electron chi connectivity index (χ2n) is 9.43. The quantitative estimate of drug-likeness (QED) is 0.688. The molecule has 0 bridgehead atoms. The van der Waals surface area contributed by atoms with Gasteiger partial charge in [-0.3, -0.25) is 9.69 Å². The van der Waals surface area contributed by atoms with Crippen LogP contribution >= 0.6 is 0 Å². The number of amides is 1. The molecule has 0 spiro atoms. The summed E-state index contributed by atoms with van der Waals surface area (Å²) in [6.45, 7) is 5.03. The van der Waals surface area contributed by atoms with Crippen molar-refractivity contribution in [1.29, 1.82) is 0 Å². The Morgan fingerprint density at radius 1 is 1.12 bits per heavy atom. The number of rotatable bonds is 7. The van der Waals surface area contributed by atoms with Gasteiger partial charge < -0.3 is 15.4 Å². The molecule has 2 aliphatic heterocycles. The number of carbonyl (C=O) groups excluding carboxylic acids is 1. The first kappa shape index (κ1) is 22.8. The first-order valence-electron chi connectivity index (χ1n) is 12.0. The number of methoxy groups -OCH3 is 1. The van der Waals surface area contributed by atoms with Gasteiger partial charge >= 0.3 is 0 Å². The highest BCUT2D eigenvalue weighted by Crippen LogP contribution is 2.40. The first-order valence-corrected chi connectivity index (χ1v) is 12.0. The predicted octanol–water partition coefficient (Wildman–Crippen LogP) is 4.08. The first-order chi connectivity index (χ1) is 15.6. The van der Waals surface area contributed by atoms with Crippen LogP contribution in [0.5, 0.6) is 5.75 Å². The smallest absolute Gasteiger partial charge is 0.226 e. The largest absolute Gasteiger partial charge is 0.496 e. The summed E-state index contributed by atoms with van der Waals surface area (Å²) < 4.78 is 5.56. The third-order valence-corrected chi connectivity index (χ3v) is 7.41. The molecule has 4 rings (SSSR count). The maximum Gasteiger partial charge on any atom is 0.226 e. The van der Waals surface area contributed by atoms with Gasteiger partial charge in [-0.25, -0.2) is 0 Å². The van der Waals surface area contributed by atoms with E-state index in [0.717, 1.165) is 63.3 Å². The van der Waals surface area contributed by atoms with Crippen LogP contribution in [0.3, 0.4) is 0 Å². The molecule has 0 aromatic heterocycles. The molecule has 5 nitrogen and oxygen atoms in total. The van der Waals surface area contributed by atoms with Gasteiger partial charge in [0.15, 0.2) is 0 Å². The molecule has 2 aromatic carbocycles. The standard InChI is InChI=1S/C27H37N3O2/c1-28-26(31)27(19-21-10-14-29-15-11-21)12-16-30(17-13-27)20-22-6-5-7-23(18-22)24-8-3-4-9-25(24)32-2/h3-9,18,21,29H,10-17,19-20H2,1-2H3,(H,28,31). The minimum Gasteiger partial charge on any atom is -0.496 e. The highest BCUT2D eigenvalue weighted by molar-refractivity contribution is 5.82. The van der Waals surface area contributed by atoms with Gasteiger partial charge in [-0.2, -0.15) is 0 Å². The number of hydrogen-bond donors (Lipinski definition) is 2. The molecular formula is C27H37N3O2. The number of benzene rings is 2. The molecule has 2 aromatic rings. The number of nitrogens with one attached hydrogen (secondary N) is 2. The van der Waals surface area contributed by atoms with E-state index in [1.54, 1.807) is 14.2 Å². The number of carbonyl (C=O) groups is 1. The van der Waals surface area contributed by atoms with E-state index < -0.39 is 0 Å². The van der Waals surface area contributed by atoms with Crippen LogP contribution in [0.1, 0.15) is 37.7 Å². The van der Waals surface area contributed by atoms with Gasteiger partial charge in [0.05, 0.1) is 12.5 Å². The second kappa shape index (κ2) is 10.5. The lowest BCUT2D eigenvalue weighted by Gasteiger charge is -2.43. The SMILES string of the molecule is CNC(=O)C1(CC2CCNCC2)CCN(Cc2cccc(-c3ccccc3OC)c2)CC1. The maximum atomic E-state index is 12.9. The summed E-state index contributed by atoms with van der Waals surface area (Å²) >= 11 is 0. The topological polar surface area (TPSA) is 53.6 Å². The summed E-state index contributed by atoms with van der Waals surface area (Å²) in [6, 6.07) is 16.9. The van der Waals surface area contributed by atoms with Crippen LogP contribution in [0.4, 0.5) is 0 Å². The molecule has 1 amide bonds. The van der Waals surface area contributed by atoms with Crippen molar-refractivity contribution in [3.05, 3.63) is 54.1 Å². The summed E-state index contributed by atoms with van der Waals surface area (Å²) in [4.78, 5) is 15.4. The van der Waals surface area contributed by atoms with E-state index in [4.69, 9.17) is 4.74 Å². The van der Waals surface area contributed by atoms with Gasteiger partial charge in [-0.05, 0) is 87.5 Å². The van der Waals surface area contributed by atoms with Crippen molar-refractivity contribution in [3.8, 4) is 16.9 Å². The van der Waals surface area contributed by atoms with Crippen LogP contribution in [0.25, 0.3) is 11.1 Å². The van der Waals surface area contributed by atoms with Gasteiger partial charge in [0.1, 0.15) is 5.75 Å². The number of likely N-dealkylation sites (tertiary alicyclic amines) is 1. The predicted molar refractivity (Wildman–Crippen MR) is 130 cm³/mol. The number of nitrogens with zero attached hydrogens (tertiary/aromatic N) is 1. The number of hydrogen-bond acceptors (Lipinski definition) is 4. The normalized spacial score (nSPS) is 19.4. The fraction of sp³-hybridized carbons (Fsp3) is 0.519. The Balaban J connectivity index is 1.42. The van der Waals surface area contributed by atoms with E-state index in [2.05, 4.69) is 51.9 Å². The van der Waals surface area contributed by atoms with Gasteiger partial charge in [0.2, 0.25) is 5.91 Å². The maximum absolute atomic E-state index is 12.9. The Morgan fingerprint density at radius 3 is 2.59 bits per heavy atom. The van der Waals surface area contributed by atoms with Crippen molar-refractivity contribution in [2.45, 2.75) is 38.6 Å². The average Bonchev–Trinajstić information content (AvgIpc) is 2.85. The third kappa shape index (κ3) is 5.16. The van der Waals surface area contributed by atoms with Crippen molar-refractivity contribution in [3.63, 3.8) is 0 Å². The molecule has 32 heavy (non-hydrogen) atoms. The minimum absolute atomic E-state index is 0.202. The minimum atomic E-state index is -0.202. The van der Waals surface area contributed by atoms with E-state index in [9.17, 15) is 4.79 Å². The summed E-state index contributed by atoms with van der Waals surface area (Å²) in [7, 11) is 3.52. The molecule has 0 atom stereocenters. The highest BCUT2D eigenvalue weighted by atomic mass is 16.5. The Bertz CT molecular complexity index is 899. The van der Waals surface area contributed by atoms with Crippen molar-refractivity contribution in [1.82, 2.24) is 15.5 Å². The van der Waals surface area contributed by atoms with Crippen LogP contribution in [0.2, 0.25) is 0 Å². The average molecular weight is 436 g/mol. The van der Waals surface area contributed by atoms with Crippen LogP contribution < -0.4 is 15.4 Å². The lowest BCUT2D eigenvalue weighted by molar-refractivity contribution is -0.135. The molecule has 0 saturated carbocycles. The Labute approximate surface area is 192 Å². The van der Waals surface area contributed by atoms with Crippen molar-refractivity contribution >= 4 is 5.91 Å². The zero-order chi connectivity index (χ0) is 22.4. The number of para-hydroxylation sites is 1. The van der Waals surface area contributed by atoms with Gasteiger partial charge in [-0.15, -0.1) is 0 Å². The number of ether oxygens (including phenoxy) is 1. The van der Waals surface area contributed by atoms with Crippen LogP contribution in [-0.2, 0) is 11.3 Å². The fourth-order valence-corrected chi connectivity index (χ4v) is 5.55. The van der Waals surface area contributed by atoms with E-state index in [1.165, 1.54) is 24.0 Å². The van der Waals surface area contributed by atoms with Crippen LogP contribution in [0.15, 0.2) is 48.5 Å². The Kier molecular flexibility index (Phi) is 7.48. The molecule has 5 heteroatoms. The van der Waals surface area contributed by atoms with Crippen molar-refractivity contribution in [2.24, 2.45) is 11.3 Å². The lowest BCUT2D eigenvalue weighted by Crippen LogP contribution is -2.49. The van der Waals surface area contributed by atoms with Gasteiger partial charge in [0.25, 0.3) is 0 Å². The molecule has 2 saturated heterocycles. The molecule has 0 unspecified atom stereocenters. The molecule has 2 fully saturated rings. The monoisotopic (exact) mass is 435 g/mol. The van der Waals surface area contributed by atoms with Gasteiger partial charge in [0, 0.05) is 19.2 Å². The molecule has 0 radical (unpaired) electrons.